The summed E-state index contributed by atoms with van der Waals surface area (Å²) in [5.74, 6) is -2.68. The van der Waals surface area contributed by atoms with Crippen LogP contribution in [0, 0.1) is 0 Å². The van der Waals surface area contributed by atoms with Gasteiger partial charge < -0.3 is 19.3 Å². The third kappa shape index (κ3) is 1.97. The minimum absolute atomic E-state index is 0.0941. The molecule has 2 aliphatic heterocycles. The third-order valence-corrected chi connectivity index (χ3v) is 4.01. The highest BCUT2D eigenvalue weighted by atomic mass is 19.2. The summed E-state index contributed by atoms with van der Waals surface area (Å²) in [6, 6.07) is -0.0941. The topological polar surface area (TPSA) is 101 Å². The number of carbonyl (C=O) groups excluding carboxylic acids is 2. The lowest BCUT2D eigenvalue weighted by Gasteiger charge is -2.44. The van der Waals surface area contributed by atoms with Gasteiger partial charge in [-0.05, 0) is 13.3 Å². The fourth-order valence-electron chi connectivity index (χ4n) is 2.87. The number of hydrogen-bond donors (Lipinski definition) is 2. The molecule has 8 nitrogen and oxygen atoms in total. The van der Waals surface area contributed by atoms with Crippen LogP contribution in [-0.4, -0.2) is 45.3 Å². The standard InChI is InChI=1S/C13H14FN3O5/c1-6-2-3-22-8-5-16-4-7(12(20)15-14)10(18)11(19)9(16)13(21)17(6)8/h4,6,8,19H,2-3,5H2,1H3,(H,15,20)/t6-,8+/m1/s1. The minimum atomic E-state index is -1.27. The van der Waals surface area contributed by atoms with Gasteiger partial charge in [-0.15, -0.1) is 0 Å². The first-order valence-corrected chi connectivity index (χ1v) is 6.77. The maximum absolute atomic E-state index is 12.5. The molecule has 2 atom stereocenters. The Kier molecular flexibility index (Phi) is 3.36. The van der Waals surface area contributed by atoms with Crippen LogP contribution in [0.15, 0.2) is 11.0 Å². The second-order valence-corrected chi connectivity index (χ2v) is 5.32. The van der Waals surface area contributed by atoms with E-state index in [0.29, 0.717) is 13.0 Å². The number of nitrogens with one attached hydrogen (secondary N) is 1. The van der Waals surface area contributed by atoms with Gasteiger partial charge in [0.25, 0.3) is 11.8 Å². The number of hydrogen-bond acceptors (Lipinski definition) is 5. The molecule has 118 valence electrons. The van der Waals surface area contributed by atoms with Gasteiger partial charge >= 0.3 is 0 Å². The molecule has 2 N–H and O–H groups in total. The largest absolute Gasteiger partial charge is 0.503 e. The van der Waals surface area contributed by atoms with E-state index < -0.39 is 34.8 Å². The molecule has 1 fully saturated rings. The molecule has 2 aliphatic rings. The maximum Gasteiger partial charge on any atom is 0.284 e. The van der Waals surface area contributed by atoms with E-state index in [1.54, 1.807) is 0 Å². The molecular formula is C13H14FN3O5. The van der Waals surface area contributed by atoms with Gasteiger partial charge in [-0.2, -0.15) is 5.54 Å². The van der Waals surface area contributed by atoms with E-state index in [9.17, 15) is 24.0 Å². The lowest BCUT2D eigenvalue weighted by atomic mass is 10.1. The van der Waals surface area contributed by atoms with Gasteiger partial charge in [-0.25, -0.2) is 0 Å². The summed E-state index contributed by atoms with van der Waals surface area (Å²) >= 11 is 0. The molecule has 0 aromatic carbocycles. The zero-order chi connectivity index (χ0) is 16.0. The Morgan fingerprint density at radius 2 is 2.23 bits per heavy atom. The molecule has 0 saturated carbocycles. The van der Waals surface area contributed by atoms with Crippen LogP contribution in [0.4, 0.5) is 4.48 Å². The third-order valence-electron chi connectivity index (χ3n) is 4.01. The average molecular weight is 311 g/mol. The van der Waals surface area contributed by atoms with Crippen molar-refractivity contribution >= 4 is 11.8 Å². The van der Waals surface area contributed by atoms with E-state index in [-0.39, 0.29) is 18.3 Å². The Hall–Kier alpha value is -2.42. The van der Waals surface area contributed by atoms with Gasteiger partial charge in [0.1, 0.15) is 5.56 Å². The molecule has 0 unspecified atom stereocenters. The van der Waals surface area contributed by atoms with Crippen LogP contribution in [0.3, 0.4) is 0 Å². The van der Waals surface area contributed by atoms with Crippen molar-refractivity contribution in [3.05, 3.63) is 27.7 Å². The molecule has 1 aromatic heterocycles. The predicted octanol–water partition coefficient (Wildman–Crippen LogP) is -0.241. The molecule has 0 bridgehead atoms. The van der Waals surface area contributed by atoms with E-state index in [2.05, 4.69) is 0 Å². The summed E-state index contributed by atoms with van der Waals surface area (Å²) in [4.78, 5) is 37.3. The molecule has 1 aromatic rings. The maximum atomic E-state index is 12.5. The summed E-state index contributed by atoms with van der Waals surface area (Å²) in [6.45, 7) is 2.48. The number of ether oxygens (including phenoxy) is 1. The summed E-state index contributed by atoms with van der Waals surface area (Å²) in [7, 11) is 0. The molecule has 0 radical (unpaired) electrons. The predicted molar refractivity (Wildman–Crippen MR) is 70.9 cm³/mol. The van der Waals surface area contributed by atoms with E-state index in [4.69, 9.17) is 4.74 Å². The Bertz CT molecular complexity index is 716. The molecule has 22 heavy (non-hydrogen) atoms. The van der Waals surface area contributed by atoms with Crippen LogP contribution >= 0.6 is 0 Å². The van der Waals surface area contributed by atoms with Gasteiger partial charge in [-0.3, -0.25) is 14.4 Å². The fraction of sp³-hybridized carbons (Fsp3) is 0.462. The smallest absolute Gasteiger partial charge is 0.284 e. The summed E-state index contributed by atoms with van der Waals surface area (Å²) in [5, 5.41) is 9.99. The number of nitrogens with zero attached hydrogens (tertiary/aromatic N) is 2. The van der Waals surface area contributed by atoms with E-state index in [1.165, 1.54) is 9.47 Å². The first-order chi connectivity index (χ1) is 10.5. The molecule has 1 saturated heterocycles. The van der Waals surface area contributed by atoms with Crippen molar-refractivity contribution in [3.8, 4) is 5.75 Å². The quantitative estimate of drug-likeness (QED) is 0.697. The van der Waals surface area contributed by atoms with Crippen molar-refractivity contribution in [2.24, 2.45) is 0 Å². The second kappa shape index (κ2) is 5.09. The van der Waals surface area contributed by atoms with Crippen LogP contribution in [0.25, 0.3) is 0 Å². The highest BCUT2D eigenvalue weighted by molar-refractivity contribution is 5.99. The number of aromatic nitrogens is 1. The fourth-order valence-corrected chi connectivity index (χ4v) is 2.87. The van der Waals surface area contributed by atoms with Crippen LogP contribution < -0.4 is 11.0 Å². The van der Waals surface area contributed by atoms with Crippen LogP contribution in [0.1, 0.15) is 34.2 Å². The van der Waals surface area contributed by atoms with Gasteiger partial charge in [0, 0.05) is 12.2 Å². The first kappa shape index (κ1) is 14.5. The van der Waals surface area contributed by atoms with Crippen molar-refractivity contribution in [1.29, 1.82) is 0 Å². The molecule has 2 amide bonds. The van der Waals surface area contributed by atoms with Crippen molar-refractivity contribution in [2.75, 3.05) is 6.61 Å². The number of aromatic hydroxyl groups is 1. The summed E-state index contributed by atoms with van der Waals surface area (Å²) < 4.78 is 19.1. The lowest BCUT2D eigenvalue weighted by Crippen LogP contribution is -2.57. The van der Waals surface area contributed by atoms with Gasteiger partial charge in [-0.1, -0.05) is 4.48 Å². The molecule has 0 aliphatic carbocycles. The SMILES string of the molecule is C[C@@H]1CCO[C@H]2Cn3cc(C(=O)NF)c(=O)c(O)c3C(=O)N12. The second-order valence-electron chi connectivity index (χ2n) is 5.32. The zero-order valence-corrected chi connectivity index (χ0v) is 11.7. The van der Waals surface area contributed by atoms with Gasteiger partial charge in [0.05, 0.1) is 13.2 Å². The molecule has 0 spiro atoms. The highest BCUT2D eigenvalue weighted by Crippen LogP contribution is 2.29. The Labute approximate surface area is 124 Å². The zero-order valence-electron chi connectivity index (χ0n) is 11.7. The number of pyridine rings is 1. The Morgan fingerprint density at radius 1 is 1.50 bits per heavy atom. The van der Waals surface area contributed by atoms with Crippen LogP contribution in [0.5, 0.6) is 5.75 Å². The number of amides is 2. The van der Waals surface area contributed by atoms with Gasteiger partial charge in [0.15, 0.2) is 17.7 Å². The molecule has 3 heterocycles. The van der Waals surface area contributed by atoms with Crippen LogP contribution in [-0.2, 0) is 11.3 Å². The first-order valence-electron chi connectivity index (χ1n) is 6.77. The average Bonchev–Trinajstić information content (AvgIpc) is 2.49. The van der Waals surface area contributed by atoms with Crippen molar-refractivity contribution in [3.63, 3.8) is 0 Å². The summed E-state index contributed by atoms with van der Waals surface area (Å²) in [6.07, 6.45) is 1.16. The molecule has 3 rings (SSSR count). The normalized spacial score (nSPS) is 23.7. The minimum Gasteiger partial charge on any atom is -0.503 e. The number of rotatable bonds is 1. The number of fused-ring (bicyclic) bond motifs is 2. The van der Waals surface area contributed by atoms with Crippen molar-refractivity contribution in [2.45, 2.75) is 32.2 Å². The number of halogens is 1. The van der Waals surface area contributed by atoms with Gasteiger partial charge in [0.2, 0.25) is 5.43 Å². The molecular weight excluding hydrogens is 297 g/mol. The van der Waals surface area contributed by atoms with E-state index in [0.717, 1.165) is 11.7 Å². The lowest BCUT2D eigenvalue weighted by molar-refractivity contribution is -0.112. The Morgan fingerprint density at radius 3 is 2.91 bits per heavy atom. The van der Waals surface area contributed by atoms with Crippen molar-refractivity contribution < 1.29 is 23.9 Å². The van der Waals surface area contributed by atoms with E-state index >= 15 is 0 Å². The van der Waals surface area contributed by atoms with Crippen LogP contribution in [0.2, 0.25) is 0 Å². The molecule has 9 heteroatoms. The highest BCUT2D eigenvalue weighted by Gasteiger charge is 2.40. The van der Waals surface area contributed by atoms with Crippen molar-refractivity contribution in [1.82, 2.24) is 15.0 Å². The monoisotopic (exact) mass is 311 g/mol. The summed E-state index contributed by atoms with van der Waals surface area (Å²) in [5.41, 5.74) is -1.03. The Balaban J connectivity index is 2.15. The van der Waals surface area contributed by atoms with E-state index in [1.807, 2.05) is 6.92 Å². The number of carbonyl (C=O) groups is 2.